The number of halogens is 5. The van der Waals surface area contributed by atoms with Crippen LogP contribution in [0.5, 0.6) is 0 Å². The first-order chi connectivity index (χ1) is 10.8. The van der Waals surface area contributed by atoms with Gasteiger partial charge in [0.15, 0.2) is 11.4 Å². The average molecular weight is 429 g/mol. The van der Waals surface area contributed by atoms with E-state index in [0.717, 1.165) is 0 Å². The Labute approximate surface area is 150 Å². The van der Waals surface area contributed by atoms with E-state index in [2.05, 4.69) is 36.9 Å². The van der Waals surface area contributed by atoms with Crippen molar-refractivity contribution in [3.05, 3.63) is 40.1 Å². The van der Waals surface area contributed by atoms with Gasteiger partial charge in [-0.25, -0.2) is 4.68 Å². The third kappa shape index (κ3) is 4.68. The van der Waals surface area contributed by atoms with Crippen molar-refractivity contribution in [3.63, 3.8) is 0 Å². The molecule has 2 N–H and O–H groups in total. The Morgan fingerprint density at radius 2 is 1.88 bits per heavy atom. The molecular weight excluding hydrogens is 415 g/mol. The van der Waals surface area contributed by atoms with E-state index in [9.17, 15) is 18.0 Å². The van der Waals surface area contributed by atoms with Gasteiger partial charge in [-0.15, -0.1) is 17.5 Å². The van der Waals surface area contributed by atoms with Crippen molar-refractivity contribution >= 4 is 34.2 Å². The number of likely N-dealkylation sites (N-methyl/N-ethyl adjacent to an activating group) is 1. The molecule has 0 radical (unpaired) electrons. The number of hydrogen-bond acceptors (Lipinski definition) is 4. The van der Waals surface area contributed by atoms with Crippen LogP contribution in [-0.2, 0) is 6.18 Å². The minimum absolute atomic E-state index is 0. The summed E-state index contributed by atoms with van der Waals surface area (Å²) in [7, 11) is 1.66. The molecule has 6 nitrogen and oxygen atoms in total. The van der Waals surface area contributed by atoms with Crippen molar-refractivity contribution in [2.75, 3.05) is 20.1 Å². The Balaban J connectivity index is 0.00000288. The van der Waals surface area contributed by atoms with Crippen LogP contribution in [0.3, 0.4) is 0 Å². The lowest BCUT2D eigenvalue weighted by molar-refractivity contribution is -0.143. The van der Waals surface area contributed by atoms with Crippen molar-refractivity contribution in [2.24, 2.45) is 0 Å². The highest BCUT2D eigenvalue weighted by Gasteiger charge is 2.41. The first-order valence-electron chi connectivity index (χ1n) is 6.56. The number of carbonyl (C=O) groups is 1. The van der Waals surface area contributed by atoms with Crippen molar-refractivity contribution in [1.29, 1.82) is 0 Å². The van der Waals surface area contributed by atoms with Gasteiger partial charge in [0.2, 0.25) is 0 Å². The van der Waals surface area contributed by atoms with Crippen molar-refractivity contribution < 1.29 is 18.0 Å². The minimum atomic E-state index is -4.77. The SMILES string of the molecule is CNCCNC(=O)c1nnn(-c2ccc(Br)cc2)c1C(F)(F)F.Cl. The van der Waals surface area contributed by atoms with E-state index in [1.165, 1.54) is 12.1 Å². The predicted octanol–water partition coefficient (Wildman–Crippen LogP) is 2.42. The summed E-state index contributed by atoms with van der Waals surface area (Å²) in [5.74, 6) is -0.920. The number of benzene rings is 1. The number of rotatable bonds is 5. The molecule has 0 saturated heterocycles. The van der Waals surface area contributed by atoms with Crippen LogP contribution in [0.1, 0.15) is 16.2 Å². The smallest absolute Gasteiger partial charge is 0.349 e. The molecule has 2 aromatic rings. The fourth-order valence-corrected chi connectivity index (χ4v) is 2.10. The van der Waals surface area contributed by atoms with Gasteiger partial charge in [0, 0.05) is 17.6 Å². The number of nitrogens with zero attached hydrogens (tertiary/aromatic N) is 3. The molecule has 0 aliphatic rings. The van der Waals surface area contributed by atoms with Crippen molar-refractivity contribution in [3.8, 4) is 5.69 Å². The number of aromatic nitrogens is 3. The lowest BCUT2D eigenvalue weighted by Gasteiger charge is -2.11. The molecule has 1 aromatic heterocycles. The zero-order valence-electron chi connectivity index (χ0n) is 12.4. The molecule has 24 heavy (non-hydrogen) atoms. The molecule has 1 aromatic carbocycles. The summed E-state index contributed by atoms with van der Waals surface area (Å²) < 4.78 is 41.4. The quantitative estimate of drug-likeness (QED) is 0.718. The van der Waals surface area contributed by atoms with Gasteiger partial charge in [0.05, 0.1) is 5.69 Å². The van der Waals surface area contributed by atoms with Gasteiger partial charge >= 0.3 is 6.18 Å². The van der Waals surface area contributed by atoms with Crippen LogP contribution in [-0.4, -0.2) is 41.0 Å². The summed E-state index contributed by atoms with van der Waals surface area (Å²) >= 11 is 3.20. The van der Waals surface area contributed by atoms with Gasteiger partial charge in [-0.3, -0.25) is 4.79 Å². The lowest BCUT2D eigenvalue weighted by atomic mass is 10.2. The van der Waals surface area contributed by atoms with E-state index in [1.807, 2.05) is 0 Å². The zero-order chi connectivity index (χ0) is 17.0. The average Bonchev–Trinajstić information content (AvgIpc) is 2.93. The maximum atomic E-state index is 13.4. The molecular formula is C13H14BrClF3N5O. The molecule has 0 fully saturated rings. The fraction of sp³-hybridized carbons (Fsp3) is 0.308. The summed E-state index contributed by atoms with van der Waals surface area (Å²) in [6.07, 6.45) is -4.77. The second-order valence-electron chi connectivity index (χ2n) is 4.53. The molecule has 0 spiro atoms. The molecule has 0 aliphatic carbocycles. The number of alkyl halides is 3. The van der Waals surface area contributed by atoms with Crippen LogP contribution in [0.4, 0.5) is 13.2 Å². The Kier molecular flexibility index (Phi) is 7.18. The van der Waals surface area contributed by atoms with Crippen LogP contribution < -0.4 is 10.6 Å². The van der Waals surface area contributed by atoms with E-state index in [4.69, 9.17) is 0 Å². The summed E-state index contributed by atoms with van der Waals surface area (Å²) in [4.78, 5) is 11.9. The number of nitrogens with one attached hydrogen (secondary N) is 2. The molecule has 132 valence electrons. The Bertz CT molecular complexity index is 690. The lowest BCUT2D eigenvalue weighted by Crippen LogP contribution is -2.32. The van der Waals surface area contributed by atoms with Crippen LogP contribution in [0.25, 0.3) is 5.69 Å². The summed E-state index contributed by atoms with van der Waals surface area (Å²) in [6, 6.07) is 6.03. The van der Waals surface area contributed by atoms with Gasteiger partial charge in [-0.05, 0) is 31.3 Å². The van der Waals surface area contributed by atoms with Gasteiger partial charge in [-0.2, -0.15) is 13.2 Å². The highest BCUT2D eigenvalue weighted by Crippen LogP contribution is 2.32. The van der Waals surface area contributed by atoms with Gasteiger partial charge < -0.3 is 10.6 Å². The van der Waals surface area contributed by atoms with E-state index >= 15 is 0 Å². The molecule has 1 heterocycles. The topological polar surface area (TPSA) is 71.8 Å². The number of hydrogen-bond donors (Lipinski definition) is 2. The Hall–Kier alpha value is -1.65. The third-order valence-electron chi connectivity index (χ3n) is 2.89. The van der Waals surface area contributed by atoms with E-state index in [-0.39, 0.29) is 24.6 Å². The summed E-state index contributed by atoms with van der Waals surface area (Å²) in [5, 5.41) is 12.0. The predicted molar refractivity (Wildman–Crippen MR) is 87.6 cm³/mol. The molecule has 2 rings (SSSR count). The highest BCUT2D eigenvalue weighted by molar-refractivity contribution is 9.10. The first-order valence-corrected chi connectivity index (χ1v) is 7.35. The van der Waals surface area contributed by atoms with Crippen LogP contribution in [0.2, 0.25) is 0 Å². The normalized spacial score (nSPS) is 11.0. The van der Waals surface area contributed by atoms with Crippen molar-refractivity contribution in [2.45, 2.75) is 6.18 Å². The fourth-order valence-electron chi connectivity index (χ4n) is 1.84. The largest absolute Gasteiger partial charge is 0.435 e. The molecule has 11 heteroatoms. The monoisotopic (exact) mass is 427 g/mol. The second kappa shape index (κ2) is 8.45. The molecule has 0 unspecified atom stereocenters. The van der Waals surface area contributed by atoms with Gasteiger partial charge in [0.1, 0.15) is 0 Å². The van der Waals surface area contributed by atoms with Crippen LogP contribution in [0.15, 0.2) is 28.7 Å². The van der Waals surface area contributed by atoms with E-state index in [1.54, 1.807) is 19.2 Å². The molecule has 0 bridgehead atoms. The summed E-state index contributed by atoms with van der Waals surface area (Å²) in [5.41, 5.74) is -1.80. The minimum Gasteiger partial charge on any atom is -0.349 e. The van der Waals surface area contributed by atoms with Crippen LogP contribution in [0, 0.1) is 0 Å². The Morgan fingerprint density at radius 1 is 1.25 bits per heavy atom. The van der Waals surface area contributed by atoms with Crippen molar-refractivity contribution in [1.82, 2.24) is 25.6 Å². The van der Waals surface area contributed by atoms with Gasteiger partial charge in [-0.1, -0.05) is 21.1 Å². The number of carbonyl (C=O) groups excluding carboxylic acids is 1. The zero-order valence-corrected chi connectivity index (χ0v) is 14.8. The molecule has 0 aliphatic heterocycles. The molecule has 1 amide bonds. The van der Waals surface area contributed by atoms with Gasteiger partial charge in [0.25, 0.3) is 5.91 Å². The van der Waals surface area contributed by atoms with E-state index in [0.29, 0.717) is 15.7 Å². The van der Waals surface area contributed by atoms with Crippen LogP contribution >= 0.6 is 28.3 Å². The summed E-state index contributed by atoms with van der Waals surface area (Å²) in [6.45, 7) is 0.603. The molecule has 0 saturated carbocycles. The maximum Gasteiger partial charge on any atom is 0.435 e. The second-order valence-corrected chi connectivity index (χ2v) is 5.45. The maximum absolute atomic E-state index is 13.4. The number of amides is 1. The standard InChI is InChI=1S/C13H13BrF3N5O.ClH/c1-18-6-7-19-12(23)10-11(13(15,16)17)22(21-20-10)9-4-2-8(14)3-5-9;/h2-5,18H,6-7H2,1H3,(H,19,23);1H. The Morgan fingerprint density at radius 3 is 2.42 bits per heavy atom. The molecule has 0 atom stereocenters. The van der Waals surface area contributed by atoms with E-state index < -0.39 is 23.5 Å². The highest BCUT2D eigenvalue weighted by atomic mass is 79.9. The third-order valence-corrected chi connectivity index (χ3v) is 3.41. The first kappa shape index (κ1) is 20.4.